The number of nitrogens with zero attached hydrogens (tertiary/aromatic N) is 2. The lowest BCUT2D eigenvalue weighted by Crippen LogP contribution is -2.39. The molecule has 23 heavy (non-hydrogen) atoms. The van der Waals surface area contributed by atoms with Gasteiger partial charge in [-0.2, -0.15) is 0 Å². The van der Waals surface area contributed by atoms with Gasteiger partial charge in [0.05, 0.1) is 12.8 Å². The van der Waals surface area contributed by atoms with Crippen molar-refractivity contribution < 1.29 is 8.42 Å². The fourth-order valence-corrected chi connectivity index (χ4v) is 3.05. The Kier molecular flexibility index (Phi) is 8.65. The normalized spacial score (nSPS) is 12.4. The predicted molar refractivity (Wildman–Crippen MR) is 96.0 cm³/mol. The summed E-state index contributed by atoms with van der Waals surface area (Å²) in [5.41, 5.74) is 1.15. The maximum atomic E-state index is 11.5. The van der Waals surface area contributed by atoms with Crippen LogP contribution in [0, 0.1) is 0 Å². The van der Waals surface area contributed by atoms with Crippen LogP contribution in [0.5, 0.6) is 0 Å². The minimum Gasteiger partial charge on any atom is -0.357 e. The van der Waals surface area contributed by atoms with Gasteiger partial charge in [0, 0.05) is 26.2 Å². The first-order chi connectivity index (χ1) is 11.0. The summed E-state index contributed by atoms with van der Waals surface area (Å²) in [7, 11) is -3.11. The molecule has 6 nitrogen and oxygen atoms in total. The molecule has 2 N–H and O–H groups in total. The minimum atomic E-state index is -3.11. The van der Waals surface area contributed by atoms with Crippen molar-refractivity contribution in [3.05, 3.63) is 35.9 Å². The summed E-state index contributed by atoms with van der Waals surface area (Å²) in [6.07, 6.45) is 1.98. The molecule has 0 spiro atoms. The van der Waals surface area contributed by atoms with E-state index in [1.165, 1.54) is 10.6 Å². The van der Waals surface area contributed by atoms with Crippen molar-refractivity contribution in [1.82, 2.24) is 14.9 Å². The minimum absolute atomic E-state index is 0.501. The highest BCUT2D eigenvalue weighted by molar-refractivity contribution is 7.88. The molecule has 7 heteroatoms. The molecule has 0 unspecified atom stereocenters. The molecule has 0 saturated carbocycles. The van der Waals surface area contributed by atoms with Crippen molar-refractivity contribution in [3.63, 3.8) is 0 Å². The Morgan fingerprint density at radius 2 is 1.87 bits per heavy atom. The van der Waals surface area contributed by atoms with Gasteiger partial charge in [-0.1, -0.05) is 37.3 Å². The Morgan fingerprint density at radius 1 is 1.17 bits per heavy atom. The Hall–Kier alpha value is -1.60. The quantitative estimate of drug-likeness (QED) is 0.405. The van der Waals surface area contributed by atoms with E-state index in [-0.39, 0.29) is 0 Å². The van der Waals surface area contributed by atoms with E-state index in [2.05, 4.69) is 15.6 Å². The van der Waals surface area contributed by atoms with Crippen molar-refractivity contribution in [1.29, 1.82) is 0 Å². The first kappa shape index (κ1) is 19.4. The molecule has 0 fully saturated rings. The summed E-state index contributed by atoms with van der Waals surface area (Å²) in [5, 5.41) is 6.43. The molecule has 0 bridgehead atoms. The SMILES string of the molecule is CCNC(=NCc1ccccc1)NCCCN(CC)S(C)(=O)=O. The third-order valence-corrected chi connectivity index (χ3v) is 4.68. The molecule has 1 aromatic carbocycles. The van der Waals surface area contributed by atoms with Crippen LogP contribution in [0.15, 0.2) is 35.3 Å². The molecule has 0 saturated heterocycles. The van der Waals surface area contributed by atoms with Crippen LogP contribution >= 0.6 is 0 Å². The summed E-state index contributed by atoms with van der Waals surface area (Å²) >= 11 is 0. The highest BCUT2D eigenvalue weighted by Gasteiger charge is 2.13. The summed E-state index contributed by atoms with van der Waals surface area (Å²) in [4.78, 5) is 4.53. The molecule has 0 heterocycles. The molecule has 1 aromatic rings. The number of benzene rings is 1. The van der Waals surface area contributed by atoms with Crippen LogP contribution in [-0.4, -0.2) is 51.1 Å². The zero-order valence-corrected chi connectivity index (χ0v) is 15.1. The van der Waals surface area contributed by atoms with Gasteiger partial charge in [-0.15, -0.1) is 0 Å². The van der Waals surface area contributed by atoms with Crippen LogP contribution < -0.4 is 10.6 Å². The van der Waals surface area contributed by atoms with E-state index in [0.717, 1.165) is 24.5 Å². The first-order valence-corrected chi connectivity index (χ1v) is 9.83. The molecule has 1 rings (SSSR count). The van der Waals surface area contributed by atoms with E-state index in [1.54, 1.807) is 0 Å². The van der Waals surface area contributed by atoms with Crippen LogP contribution in [0.2, 0.25) is 0 Å². The van der Waals surface area contributed by atoms with Crippen LogP contribution in [0.1, 0.15) is 25.8 Å². The van der Waals surface area contributed by atoms with E-state index < -0.39 is 10.0 Å². The second-order valence-electron chi connectivity index (χ2n) is 5.22. The topological polar surface area (TPSA) is 73.8 Å². The molecular formula is C16H28N4O2S. The van der Waals surface area contributed by atoms with Gasteiger partial charge in [0.1, 0.15) is 0 Å². The average Bonchev–Trinajstić information content (AvgIpc) is 2.52. The zero-order valence-electron chi connectivity index (χ0n) is 14.2. The van der Waals surface area contributed by atoms with E-state index in [1.807, 2.05) is 44.2 Å². The number of guanidine groups is 1. The van der Waals surface area contributed by atoms with Gasteiger partial charge in [0.2, 0.25) is 10.0 Å². The molecule has 0 atom stereocenters. The first-order valence-electron chi connectivity index (χ1n) is 7.98. The predicted octanol–water partition coefficient (Wildman–Crippen LogP) is 1.41. The fourth-order valence-electron chi connectivity index (χ4n) is 2.12. The maximum absolute atomic E-state index is 11.5. The van der Waals surface area contributed by atoms with E-state index in [9.17, 15) is 8.42 Å². The van der Waals surface area contributed by atoms with Gasteiger partial charge in [-0.25, -0.2) is 17.7 Å². The fraction of sp³-hybridized carbons (Fsp3) is 0.562. The summed E-state index contributed by atoms with van der Waals surface area (Å²) in [6.45, 7) is 6.95. The van der Waals surface area contributed by atoms with Crippen molar-refractivity contribution in [3.8, 4) is 0 Å². The Balaban J connectivity index is 2.44. The number of hydrogen-bond donors (Lipinski definition) is 2. The molecule has 0 amide bonds. The van der Waals surface area contributed by atoms with E-state index >= 15 is 0 Å². The third-order valence-electron chi connectivity index (χ3n) is 3.31. The third kappa shape index (κ3) is 7.99. The van der Waals surface area contributed by atoms with Crippen LogP contribution in [0.25, 0.3) is 0 Å². The smallest absolute Gasteiger partial charge is 0.211 e. The lowest BCUT2D eigenvalue weighted by Gasteiger charge is -2.18. The molecule has 0 aliphatic carbocycles. The molecular weight excluding hydrogens is 312 g/mol. The number of nitrogens with one attached hydrogen (secondary N) is 2. The number of aliphatic imine (C=N–C) groups is 1. The average molecular weight is 340 g/mol. The number of hydrogen-bond acceptors (Lipinski definition) is 3. The van der Waals surface area contributed by atoms with Gasteiger partial charge in [0.15, 0.2) is 5.96 Å². The highest BCUT2D eigenvalue weighted by Crippen LogP contribution is 2.00. The van der Waals surface area contributed by atoms with E-state index in [0.29, 0.717) is 26.2 Å². The number of sulfonamides is 1. The Bertz CT molecular complexity index is 573. The van der Waals surface area contributed by atoms with E-state index in [4.69, 9.17) is 0 Å². The molecule has 0 radical (unpaired) electrons. The highest BCUT2D eigenvalue weighted by atomic mass is 32.2. The monoisotopic (exact) mass is 340 g/mol. The molecule has 0 aliphatic heterocycles. The van der Waals surface area contributed by atoms with Crippen LogP contribution in [0.4, 0.5) is 0 Å². The van der Waals surface area contributed by atoms with Gasteiger partial charge in [-0.05, 0) is 18.9 Å². The molecule has 0 aromatic heterocycles. The zero-order chi connectivity index (χ0) is 17.1. The number of rotatable bonds is 9. The summed E-state index contributed by atoms with van der Waals surface area (Å²) < 4.78 is 24.5. The van der Waals surface area contributed by atoms with Gasteiger partial charge in [-0.3, -0.25) is 0 Å². The standard InChI is InChI=1S/C16H28N4O2S/c1-4-17-16(19-14-15-10-7-6-8-11-15)18-12-9-13-20(5-2)23(3,21)22/h6-8,10-11H,4-5,9,12-14H2,1-3H3,(H2,17,18,19). The maximum Gasteiger partial charge on any atom is 0.211 e. The van der Waals surface area contributed by atoms with Gasteiger partial charge < -0.3 is 10.6 Å². The van der Waals surface area contributed by atoms with Gasteiger partial charge in [0.25, 0.3) is 0 Å². The lowest BCUT2D eigenvalue weighted by molar-refractivity contribution is 0.424. The van der Waals surface area contributed by atoms with Crippen molar-refractivity contribution in [2.75, 3.05) is 32.4 Å². The Morgan fingerprint density at radius 3 is 2.43 bits per heavy atom. The molecule has 130 valence electrons. The second-order valence-corrected chi connectivity index (χ2v) is 7.20. The van der Waals surface area contributed by atoms with Crippen molar-refractivity contribution in [2.45, 2.75) is 26.8 Å². The second kappa shape index (κ2) is 10.2. The van der Waals surface area contributed by atoms with Gasteiger partial charge >= 0.3 is 0 Å². The molecule has 0 aliphatic rings. The Labute approximate surface area is 140 Å². The van der Waals surface area contributed by atoms with Crippen molar-refractivity contribution >= 4 is 16.0 Å². The summed E-state index contributed by atoms with van der Waals surface area (Å²) in [6, 6.07) is 10.1. The van der Waals surface area contributed by atoms with Crippen molar-refractivity contribution in [2.24, 2.45) is 4.99 Å². The van der Waals surface area contributed by atoms with Crippen LogP contribution in [0.3, 0.4) is 0 Å². The van der Waals surface area contributed by atoms with Crippen LogP contribution in [-0.2, 0) is 16.6 Å². The largest absolute Gasteiger partial charge is 0.357 e. The summed E-state index contributed by atoms with van der Waals surface area (Å²) in [5.74, 6) is 0.749. The lowest BCUT2D eigenvalue weighted by atomic mass is 10.2.